The Bertz CT molecular complexity index is 1290. The average molecular weight is 530 g/mol. The Kier molecular flexibility index (Phi) is 8.46. The summed E-state index contributed by atoms with van der Waals surface area (Å²) in [5.41, 5.74) is 4.58. The van der Waals surface area contributed by atoms with Gasteiger partial charge < -0.3 is 15.2 Å². The van der Waals surface area contributed by atoms with E-state index in [2.05, 4.69) is 41.7 Å². The number of alkyl halides is 3. The molecule has 9 heteroatoms. The molecule has 3 aromatic rings. The SMILES string of the molecule is O=C(Nc1ccc(C(F)(F)F)cc1F)C1CCCC(c2ccc(-c3cccc4c3COC4)cc2)C1.O=CO. The van der Waals surface area contributed by atoms with Crippen LogP contribution in [0.2, 0.25) is 0 Å². The van der Waals surface area contributed by atoms with Crippen LogP contribution in [0.15, 0.2) is 60.7 Å². The Morgan fingerprint density at radius 1 is 1.03 bits per heavy atom. The quantitative estimate of drug-likeness (QED) is 0.278. The van der Waals surface area contributed by atoms with Crippen LogP contribution in [0.4, 0.5) is 23.2 Å². The Morgan fingerprint density at radius 3 is 2.45 bits per heavy atom. The lowest BCUT2D eigenvalue weighted by atomic mass is 9.77. The van der Waals surface area contributed by atoms with E-state index >= 15 is 0 Å². The highest BCUT2D eigenvalue weighted by Crippen LogP contribution is 2.39. The summed E-state index contributed by atoms with van der Waals surface area (Å²) in [5, 5.41) is 9.38. The summed E-state index contributed by atoms with van der Waals surface area (Å²) in [6.45, 7) is 1.01. The highest BCUT2D eigenvalue weighted by molar-refractivity contribution is 5.92. The van der Waals surface area contributed by atoms with Crippen molar-refractivity contribution in [2.45, 2.75) is 51.0 Å². The van der Waals surface area contributed by atoms with Gasteiger partial charge in [0.05, 0.1) is 24.5 Å². The maximum atomic E-state index is 14.2. The molecule has 0 spiro atoms. The lowest BCUT2D eigenvalue weighted by Crippen LogP contribution is -2.28. The van der Waals surface area contributed by atoms with Gasteiger partial charge in [-0.2, -0.15) is 13.2 Å². The molecule has 200 valence electrons. The molecule has 2 N–H and O–H groups in total. The van der Waals surface area contributed by atoms with Gasteiger partial charge >= 0.3 is 6.18 Å². The molecule has 2 atom stereocenters. The number of benzene rings is 3. The number of halogens is 4. The number of anilines is 1. The number of amides is 1. The molecule has 0 radical (unpaired) electrons. The maximum Gasteiger partial charge on any atom is 0.416 e. The van der Waals surface area contributed by atoms with E-state index in [9.17, 15) is 22.4 Å². The van der Waals surface area contributed by atoms with Crippen LogP contribution in [0.3, 0.4) is 0 Å². The predicted molar refractivity (Wildman–Crippen MR) is 134 cm³/mol. The lowest BCUT2D eigenvalue weighted by Gasteiger charge is -2.29. The highest BCUT2D eigenvalue weighted by Gasteiger charge is 2.32. The van der Waals surface area contributed by atoms with Crippen LogP contribution in [0.25, 0.3) is 11.1 Å². The number of nitrogens with one attached hydrogen (secondary N) is 1. The van der Waals surface area contributed by atoms with Crippen molar-refractivity contribution in [1.82, 2.24) is 0 Å². The second kappa shape index (κ2) is 11.8. The number of ether oxygens (including phenoxy) is 1. The minimum absolute atomic E-state index is 0.191. The zero-order valence-corrected chi connectivity index (χ0v) is 20.4. The van der Waals surface area contributed by atoms with Gasteiger partial charge in [-0.05, 0) is 71.2 Å². The molecular formula is C29H27F4NO4. The Balaban J connectivity index is 0.00000107. The van der Waals surface area contributed by atoms with Crippen molar-refractivity contribution in [3.05, 3.63) is 88.7 Å². The number of rotatable bonds is 4. The zero-order valence-electron chi connectivity index (χ0n) is 20.4. The number of carbonyl (C=O) groups is 2. The molecule has 1 heterocycles. The molecule has 3 aromatic carbocycles. The molecule has 0 saturated heterocycles. The van der Waals surface area contributed by atoms with E-state index in [0.29, 0.717) is 32.1 Å². The molecule has 1 aliphatic heterocycles. The highest BCUT2D eigenvalue weighted by atomic mass is 19.4. The van der Waals surface area contributed by atoms with Crippen LogP contribution in [0.5, 0.6) is 0 Å². The van der Waals surface area contributed by atoms with Crippen molar-refractivity contribution in [1.29, 1.82) is 0 Å². The van der Waals surface area contributed by atoms with E-state index in [0.717, 1.165) is 36.1 Å². The van der Waals surface area contributed by atoms with Gasteiger partial charge in [0.15, 0.2) is 0 Å². The first-order valence-electron chi connectivity index (χ1n) is 12.3. The molecule has 1 amide bonds. The Hall–Kier alpha value is -3.72. The van der Waals surface area contributed by atoms with Crippen LogP contribution in [0, 0.1) is 11.7 Å². The van der Waals surface area contributed by atoms with Gasteiger partial charge in [-0.3, -0.25) is 9.59 Å². The molecular weight excluding hydrogens is 502 g/mol. The average Bonchev–Trinajstić information content (AvgIpc) is 3.39. The van der Waals surface area contributed by atoms with Gasteiger partial charge in [-0.1, -0.05) is 48.9 Å². The van der Waals surface area contributed by atoms with E-state index in [-0.39, 0.29) is 29.9 Å². The molecule has 0 bridgehead atoms. The van der Waals surface area contributed by atoms with E-state index in [1.807, 2.05) is 6.07 Å². The third-order valence-electron chi connectivity index (χ3n) is 7.07. The maximum absolute atomic E-state index is 14.2. The Labute approximate surface area is 217 Å². The molecule has 1 aliphatic carbocycles. The number of hydrogen-bond donors (Lipinski definition) is 2. The first-order chi connectivity index (χ1) is 18.2. The second-order valence-corrected chi connectivity index (χ2v) is 9.41. The molecule has 5 nitrogen and oxygen atoms in total. The van der Waals surface area contributed by atoms with Gasteiger partial charge in [0.2, 0.25) is 5.91 Å². The summed E-state index contributed by atoms with van der Waals surface area (Å²) in [6, 6.07) is 16.8. The van der Waals surface area contributed by atoms with Gasteiger partial charge in [-0.25, -0.2) is 4.39 Å². The third kappa shape index (κ3) is 6.22. The summed E-state index contributed by atoms with van der Waals surface area (Å²) in [6.07, 6.45) is -1.55. The Morgan fingerprint density at radius 2 is 1.76 bits per heavy atom. The van der Waals surface area contributed by atoms with Crippen molar-refractivity contribution in [3.63, 3.8) is 0 Å². The van der Waals surface area contributed by atoms with Crippen molar-refractivity contribution in [2.24, 2.45) is 5.92 Å². The molecule has 0 aromatic heterocycles. The fourth-order valence-electron chi connectivity index (χ4n) is 5.17. The van der Waals surface area contributed by atoms with E-state index < -0.39 is 17.6 Å². The molecule has 1 fully saturated rings. The minimum Gasteiger partial charge on any atom is -0.483 e. The fraction of sp³-hybridized carbons (Fsp3) is 0.310. The normalized spacial score (nSPS) is 18.6. The van der Waals surface area contributed by atoms with Crippen LogP contribution in [0.1, 0.15) is 53.9 Å². The topological polar surface area (TPSA) is 75.6 Å². The number of hydrogen-bond acceptors (Lipinski definition) is 3. The summed E-state index contributed by atoms with van der Waals surface area (Å²) < 4.78 is 58.1. The predicted octanol–water partition coefficient (Wildman–Crippen LogP) is 7.16. The largest absolute Gasteiger partial charge is 0.483 e. The minimum atomic E-state index is -4.64. The first kappa shape index (κ1) is 27.3. The van der Waals surface area contributed by atoms with Crippen molar-refractivity contribution >= 4 is 18.1 Å². The molecule has 2 aliphatic rings. The van der Waals surface area contributed by atoms with Crippen molar-refractivity contribution in [3.8, 4) is 11.1 Å². The summed E-state index contributed by atoms with van der Waals surface area (Å²) in [7, 11) is 0. The zero-order chi connectivity index (χ0) is 27.3. The smallest absolute Gasteiger partial charge is 0.416 e. The van der Waals surface area contributed by atoms with Crippen LogP contribution >= 0.6 is 0 Å². The van der Waals surface area contributed by atoms with E-state index in [4.69, 9.17) is 14.6 Å². The molecule has 1 saturated carbocycles. The van der Waals surface area contributed by atoms with Crippen molar-refractivity contribution < 1.29 is 37.0 Å². The number of carboxylic acid groups (broad SMARTS) is 1. The van der Waals surface area contributed by atoms with Crippen molar-refractivity contribution in [2.75, 3.05) is 5.32 Å². The molecule has 5 rings (SSSR count). The monoisotopic (exact) mass is 529 g/mol. The first-order valence-corrected chi connectivity index (χ1v) is 12.3. The van der Waals surface area contributed by atoms with Gasteiger partial charge in [0.1, 0.15) is 5.82 Å². The van der Waals surface area contributed by atoms with Crippen LogP contribution in [-0.2, 0) is 33.7 Å². The van der Waals surface area contributed by atoms with Gasteiger partial charge in [0.25, 0.3) is 6.47 Å². The van der Waals surface area contributed by atoms with Gasteiger partial charge in [-0.15, -0.1) is 0 Å². The third-order valence-corrected chi connectivity index (χ3v) is 7.07. The summed E-state index contributed by atoms with van der Waals surface area (Å²) in [5.74, 6) is -1.58. The van der Waals surface area contributed by atoms with E-state index in [1.54, 1.807) is 0 Å². The van der Waals surface area contributed by atoms with Gasteiger partial charge in [0, 0.05) is 5.92 Å². The van der Waals surface area contributed by atoms with Crippen LogP contribution < -0.4 is 5.32 Å². The van der Waals surface area contributed by atoms with E-state index in [1.165, 1.54) is 16.7 Å². The molecule has 38 heavy (non-hydrogen) atoms. The van der Waals surface area contributed by atoms with Crippen LogP contribution in [-0.4, -0.2) is 17.5 Å². The standard InChI is InChI=1S/C28H25F4NO2.CH2O2/c29-25-14-22(28(30,31)32)11-12-26(25)33-27(34)20-4-1-3-19(13-20)17-7-9-18(10-8-17)23-6-2-5-21-15-35-16-24(21)23;2-1-3/h2,5-12,14,19-20H,1,3-4,13,15-16H2,(H,33,34);1H,(H,2,3). The molecule has 2 unspecified atom stereocenters. The summed E-state index contributed by atoms with van der Waals surface area (Å²) in [4.78, 5) is 21.2. The summed E-state index contributed by atoms with van der Waals surface area (Å²) >= 11 is 0. The number of fused-ring (bicyclic) bond motifs is 1. The lowest BCUT2D eigenvalue weighted by molar-refractivity contribution is -0.137. The fourth-order valence-corrected chi connectivity index (χ4v) is 5.17. The number of carbonyl (C=O) groups excluding carboxylic acids is 1. The second-order valence-electron chi connectivity index (χ2n) is 9.41.